The molecule has 0 unspecified atom stereocenters. The van der Waals surface area contributed by atoms with Crippen molar-refractivity contribution < 1.29 is 9.59 Å². The Bertz CT molecular complexity index is 1140. The highest BCUT2D eigenvalue weighted by Crippen LogP contribution is 2.46. The quantitative estimate of drug-likeness (QED) is 0.521. The molecule has 164 valence electrons. The number of nitrogens with zero attached hydrogens (tertiary/aromatic N) is 2. The van der Waals surface area contributed by atoms with Crippen molar-refractivity contribution in [2.24, 2.45) is 5.92 Å². The molecule has 3 aromatic rings. The van der Waals surface area contributed by atoms with Crippen LogP contribution in [0.15, 0.2) is 66.0 Å². The van der Waals surface area contributed by atoms with Gasteiger partial charge in [0.1, 0.15) is 0 Å². The number of aryl methyl sites for hydroxylation is 1. The molecule has 2 aliphatic rings. The Hall–Kier alpha value is -2.92. The lowest BCUT2D eigenvalue weighted by Gasteiger charge is -2.44. The SMILES string of the molecule is CC(C)CN1C(=O)c2ccccc2[C@@H](C(=O)N2CCCc3ccccc32)[C@@H]1c1cccs1. The number of anilines is 1. The van der Waals surface area contributed by atoms with E-state index < -0.39 is 5.92 Å². The van der Waals surface area contributed by atoms with Crippen molar-refractivity contribution in [3.05, 3.63) is 87.6 Å². The average molecular weight is 445 g/mol. The van der Waals surface area contributed by atoms with Crippen molar-refractivity contribution in [1.29, 1.82) is 0 Å². The molecule has 2 aliphatic heterocycles. The van der Waals surface area contributed by atoms with E-state index in [1.807, 2.05) is 57.6 Å². The Kier molecular flexibility index (Phi) is 5.60. The first-order valence-corrected chi connectivity index (χ1v) is 12.3. The van der Waals surface area contributed by atoms with Crippen LogP contribution in [-0.2, 0) is 11.2 Å². The van der Waals surface area contributed by atoms with Crippen LogP contribution < -0.4 is 4.90 Å². The lowest BCUT2D eigenvalue weighted by molar-refractivity contribution is -0.121. The minimum atomic E-state index is -0.424. The molecule has 1 aromatic heterocycles. The molecule has 2 amide bonds. The van der Waals surface area contributed by atoms with Crippen LogP contribution in [0.1, 0.15) is 58.6 Å². The van der Waals surface area contributed by atoms with Gasteiger partial charge in [0.05, 0.1) is 12.0 Å². The van der Waals surface area contributed by atoms with Crippen molar-refractivity contribution in [1.82, 2.24) is 4.90 Å². The van der Waals surface area contributed by atoms with E-state index in [0.29, 0.717) is 24.6 Å². The second-order valence-corrected chi connectivity index (χ2v) is 10.1. The maximum absolute atomic E-state index is 14.3. The van der Waals surface area contributed by atoms with E-state index in [0.717, 1.165) is 29.0 Å². The van der Waals surface area contributed by atoms with Crippen LogP contribution in [0, 0.1) is 5.92 Å². The van der Waals surface area contributed by atoms with Gasteiger partial charge in [-0.05, 0) is 53.5 Å². The van der Waals surface area contributed by atoms with Gasteiger partial charge in [0.15, 0.2) is 0 Å². The molecule has 0 fully saturated rings. The topological polar surface area (TPSA) is 40.6 Å². The number of rotatable bonds is 4. The minimum Gasteiger partial charge on any atom is -0.329 e. The van der Waals surface area contributed by atoms with Gasteiger partial charge < -0.3 is 9.80 Å². The molecule has 4 nitrogen and oxygen atoms in total. The summed E-state index contributed by atoms with van der Waals surface area (Å²) in [5.41, 5.74) is 3.74. The van der Waals surface area contributed by atoms with Crippen LogP contribution in [0.5, 0.6) is 0 Å². The van der Waals surface area contributed by atoms with E-state index >= 15 is 0 Å². The van der Waals surface area contributed by atoms with Gasteiger partial charge in [-0.1, -0.05) is 56.3 Å². The minimum absolute atomic E-state index is 0.0239. The summed E-state index contributed by atoms with van der Waals surface area (Å²) >= 11 is 1.63. The first-order valence-electron chi connectivity index (χ1n) is 11.4. The smallest absolute Gasteiger partial charge is 0.254 e. The third-order valence-corrected chi connectivity index (χ3v) is 7.42. The van der Waals surface area contributed by atoms with Gasteiger partial charge in [-0.15, -0.1) is 11.3 Å². The Balaban J connectivity index is 1.66. The van der Waals surface area contributed by atoms with Crippen LogP contribution >= 0.6 is 11.3 Å². The number of thiophene rings is 1. The van der Waals surface area contributed by atoms with Crippen molar-refractivity contribution in [3.63, 3.8) is 0 Å². The largest absolute Gasteiger partial charge is 0.329 e. The van der Waals surface area contributed by atoms with Crippen LogP contribution in [0.3, 0.4) is 0 Å². The molecule has 5 heteroatoms. The predicted molar refractivity (Wildman–Crippen MR) is 129 cm³/mol. The fraction of sp³-hybridized carbons (Fsp3) is 0.333. The number of hydrogen-bond acceptors (Lipinski definition) is 3. The molecular formula is C27H28N2O2S. The van der Waals surface area contributed by atoms with E-state index in [9.17, 15) is 9.59 Å². The number of amides is 2. The Morgan fingerprint density at radius 3 is 2.62 bits per heavy atom. The summed E-state index contributed by atoms with van der Waals surface area (Å²) in [7, 11) is 0. The fourth-order valence-electron chi connectivity index (χ4n) is 5.16. The van der Waals surface area contributed by atoms with Crippen molar-refractivity contribution >= 4 is 28.8 Å². The highest BCUT2D eigenvalue weighted by molar-refractivity contribution is 7.10. The molecule has 0 radical (unpaired) electrons. The number of carbonyl (C=O) groups is 2. The number of para-hydroxylation sites is 1. The summed E-state index contributed by atoms with van der Waals surface area (Å²) in [5.74, 6) is -0.00866. The Morgan fingerprint density at radius 1 is 1.06 bits per heavy atom. The molecular weight excluding hydrogens is 416 g/mol. The third kappa shape index (κ3) is 3.55. The number of carbonyl (C=O) groups excluding carboxylic acids is 2. The number of benzene rings is 2. The summed E-state index contributed by atoms with van der Waals surface area (Å²) in [4.78, 5) is 32.9. The lowest BCUT2D eigenvalue weighted by Crippen LogP contribution is -2.50. The molecule has 0 N–H and O–H groups in total. The maximum Gasteiger partial charge on any atom is 0.254 e. The van der Waals surface area contributed by atoms with Gasteiger partial charge >= 0.3 is 0 Å². The number of fused-ring (bicyclic) bond motifs is 2. The summed E-state index contributed by atoms with van der Waals surface area (Å²) in [5, 5.41) is 2.03. The van der Waals surface area contributed by atoms with Gasteiger partial charge in [0.25, 0.3) is 5.91 Å². The first-order chi connectivity index (χ1) is 15.6. The molecule has 3 heterocycles. The maximum atomic E-state index is 14.3. The zero-order valence-corrected chi connectivity index (χ0v) is 19.3. The third-order valence-electron chi connectivity index (χ3n) is 6.48. The zero-order valence-electron chi connectivity index (χ0n) is 18.5. The van der Waals surface area contributed by atoms with Gasteiger partial charge in [0, 0.05) is 29.2 Å². The molecule has 2 aromatic carbocycles. The standard InChI is InChI=1S/C27H28N2O2S/c1-18(2)17-29-25(23-14-8-16-32-23)24(20-11-4-5-12-21(20)26(29)30)27(31)28-15-7-10-19-9-3-6-13-22(19)28/h3-6,8-9,11-14,16,18,24-25H,7,10,15,17H2,1-2H3/t24-,25+/m1/s1. The molecule has 0 saturated heterocycles. The van der Waals surface area contributed by atoms with Crippen LogP contribution in [-0.4, -0.2) is 29.8 Å². The van der Waals surface area contributed by atoms with Gasteiger partial charge in [-0.3, -0.25) is 9.59 Å². The molecule has 0 aliphatic carbocycles. The van der Waals surface area contributed by atoms with Gasteiger partial charge in [0.2, 0.25) is 5.91 Å². The molecule has 2 atom stereocenters. The lowest BCUT2D eigenvalue weighted by atomic mass is 9.80. The monoisotopic (exact) mass is 444 g/mol. The Labute approximate surface area is 193 Å². The molecule has 32 heavy (non-hydrogen) atoms. The van der Waals surface area contributed by atoms with Crippen molar-refractivity contribution in [2.45, 2.75) is 38.6 Å². The van der Waals surface area contributed by atoms with E-state index in [1.54, 1.807) is 11.3 Å². The highest BCUT2D eigenvalue weighted by Gasteiger charge is 2.46. The highest BCUT2D eigenvalue weighted by atomic mass is 32.1. The number of hydrogen-bond donors (Lipinski definition) is 0. The van der Waals surface area contributed by atoms with Gasteiger partial charge in [-0.2, -0.15) is 0 Å². The zero-order chi connectivity index (χ0) is 22.2. The van der Waals surface area contributed by atoms with Crippen LogP contribution in [0.4, 0.5) is 5.69 Å². The molecule has 0 saturated carbocycles. The van der Waals surface area contributed by atoms with Crippen LogP contribution in [0.25, 0.3) is 0 Å². The average Bonchev–Trinajstić information content (AvgIpc) is 3.34. The first kappa shape index (κ1) is 21.0. The Morgan fingerprint density at radius 2 is 1.84 bits per heavy atom. The van der Waals surface area contributed by atoms with E-state index in [-0.39, 0.29) is 17.9 Å². The second kappa shape index (κ2) is 8.55. The fourth-order valence-corrected chi connectivity index (χ4v) is 6.03. The van der Waals surface area contributed by atoms with Gasteiger partial charge in [-0.25, -0.2) is 0 Å². The summed E-state index contributed by atoms with van der Waals surface area (Å²) < 4.78 is 0. The summed E-state index contributed by atoms with van der Waals surface area (Å²) in [6.07, 6.45) is 1.95. The van der Waals surface area contributed by atoms with Crippen LogP contribution in [0.2, 0.25) is 0 Å². The van der Waals surface area contributed by atoms with E-state index in [1.165, 1.54) is 5.56 Å². The van der Waals surface area contributed by atoms with E-state index in [4.69, 9.17) is 0 Å². The molecule has 0 bridgehead atoms. The molecule has 5 rings (SSSR count). The van der Waals surface area contributed by atoms with Crippen molar-refractivity contribution in [2.75, 3.05) is 18.0 Å². The molecule has 0 spiro atoms. The van der Waals surface area contributed by atoms with Crippen molar-refractivity contribution in [3.8, 4) is 0 Å². The second-order valence-electron chi connectivity index (χ2n) is 9.10. The summed E-state index contributed by atoms with van der Waals surface area (Å²) in [6.45, 7) is 5.58. The predicted octanol–water partition coefficient (Wildman–Crippen LogP) is 5.66. The normalized spacial score (nSPS) is 20.3. The van der Waals surface area contributed by atoms with E-state index in [2.05, 4.69) is 32.0 Å². The summed E-state index contributed by atoms with van der Waals surface area (Å²) in [6, 6.07) is 19.7.